The zero-order valence-electron chi connectivity index (χ0n) is 16.2. The van der Waals surface area contributed by atoms with Gasteiger partial charge in [-0.2, -0.15) is 5.10 Å². The fourth-order valence-electron chi connectivity index (χ4n) is 4.39. The molecule has 0 aliphatic carbocycles. The van der Waals surface area contributed by atoms with E-state index < -0.39 is 0 Å². The normalized spacial score (nSPS) is 19.3. The van der Waals surface area contributed by atoms with E-state index in [0.717, 1.165) is 19.4 Å². The summed E-state index contributed by atoms with van der Waals surface area (Å²) in [4.78, 5) is 26.8. The summed E-state index contributed by atoms with van der Waals surface area (Å²) in [6, 6.07) is 20.9. The van der Waals surface area contributed by atoms with E-state index in [9.17, 15) is 9.59 Å². The monoisotopic (exact) mass is 375 g/mol. The van der Waals surface area contributed by atoms with Gasteiger partial charge in [-0.3, -0.25) is 9.59 Å². The van der Waals surface area contributed by atoms with Crippen molar-refractivity contribution in [2.45, 2.75) is 31.1 Å². The Bertz CT molecular complexity index is 853. The van der Waals surface area contributed by atoms with Gasteiger partial charge in [-0.05, 0) is 24.0 Å². The molecule has 0 spiro atoms. The molecule has 0 radical (unpaired) electrons. The number of piperidine rings is 1. The minimum atomic E-state index is -0.229. The van der Waals surface area contributed by atoms with E-state index in [-0.39, 0.29) is 17.2 Å². The lowest BCUT2D eigenvalue weighted by Crippen LogP contribution is -2.51. The van der Waals surface area contributed by atoms with Crippen LogP contribution in [-0.4, -0.2) is 47.6 Å². The standard InChI is InChI=1S/C23H25N3O2/c1-25-21(27)14-13-20(24-25)22(28)26-16-8-15-23(17-26,18-9-4-2-5-10-18)19-11-6-3-7-12-19/h2-7,9-12H,8,13-17H2,1H3. The van der Waals surface area contributed by atoms with Crippen molar-refractivity contribution in [1.29, 1.82) is 0 Å². The summed E-state index contributed by atoms with van der Waals surface area (Å²) in [7, 11) is 1.61. The lowest BCUT2D eigenvalue weighted by Gasteiger charge is -2.44. The van der Waals surface area contributed by atoms with E-state index in [1.807, 2.05) is 17.0 Å². The second kappa shape index (κ2) is 7.58. The molecule has 2 aromatic carbocycles. The Labute approximate surface area is 165 Å². The Morgan fingerprint density at radius 2 is 1.57 bits per heavy atom. The molecule has 1 saturated heterocycles. The first kappa shape index (κ1) is 18.4. The van der Waals surface area contributed by atoms with Gasteiger partial charge < -0.3 is 4.90 Å². The fraction of sp³-hybridized carbons (Fsp3) is 0.348. The van der Waals surface area contributed by atoms with Crippen molar-refractivity contribution in [3.05, 3.63) is 71.8 Å². The average molecular weight is 375 g/mol. The molecule has 5 nitrogen and oxygen atoms in total. The molecule has 5 heteroatoms. The van der Waals surface area contributed by atoms with Crippen LogP contribution >= 0.6 is 0 Å². The van der Waals surface area contributed by atoms with Crippen LogP contribution in [0.5, 0.6) is 0 Å². The van der Waals surface area contributed by atoms with E-state index in [1.165, 1.54) is 16.1 Å². The third kappa shape index (κ3) is 3.33. The number of rotatable bonds is 3. The Hall–Kier alpha value is -2.95. The molecule has 2 heterocycles. The zero-order chi connectivity index (χ0) is 19.6. The van der Waals surface area contributed by atoms with Crippen LogP contribution in [0.1, 0.15) is 36.8 Å². The predicted molar refractivity (Wildman–Crippen MR) is 109 cm³/mol. The molecule has 144 valence electrons. The number of hydrogen-bond donors (Lipinski definition) is 0. The van der Waals surface area contributed by atoms with Crippen molar-refractivity contribution < 1.29 is 9.59 Å². The summed E-state index contributed by atoms with van der Waals surface area (Å²) in [5.74, 6) is -0.0894. The van der Waals surface area contributed by atoms with E-state index in [2.05, 4.69) is 53.6 Å². The largest absolute Gasteiger partial charge is 0.336 e. The van der Waals surface area contributed by atoms with Crippen LogP contribution in [0, 0.1) is 0 Å². The van der Waals surface area contributed by atoms with Crippen molar-refractivity contribution in [2.75, 3.05) is 20.1 Å². The topological polar surface area (TPSA) is 53.0 Å². The van der Waals surface area contributed by atoms with Gasteiger partial charge in [-0.15, -0.1) is 0 Å². The Morgan fingerprint density at radius 3 is 2.14 bits per heavy atom. The van der Waals surface area contributed by atoms with Crippen LogP contribution in [0.2, 0.25) is 0 Å². The Kier molecular flexibility index (Phi) is 4.99. The number of likely N-dealkylation sites (tertiary alicyclic amines) is 1. The number of hydrazone groups is 1. The van der Waals surface area contributed by atoms with Gasteiger partial charge in [-0.1, -0.05) is 60.7 Å². The Balaban J connectivity index is 1.69. The number of benzene rings is 2. The van der Waals surface area contributed by atoms with Crippen LogP contribution in [0.25, 0.3) is 0 Å². The number of amides is 2. The number of hydrogen-bond acceptors (Lipinski definition) is 3. The highest BCUT2D eigenvalue weighted by atomic mass is 16.2. The number of carbonyl (C=O) groups excluding carboxylic acids is 2. The second-order valence-electron chi connectivity index (χ2n) is 7.61. The first-order valence-corrected chi connectivity index (χ1v) is 9.84. The summed E-state index contributed by atoms with van der Waals surface area (Å²) in [6.45, 7) is 1.34. The molecular formula is C23H25N3O2. The first-order chi connectivity index (χ1) is 13.6. The predicted octanol–water partition coefficient (Wildman–Crippen LogP) is 3.20. The second-order valence-corrected chi connectivity index (χ2v) is 7.61. The van der Waals surface area contributed by atoms with Crippen molar-refractivity contribution >= 4 is 17.5 Å². The quantitative estimate of drug-likeness (QED) is 0.827. The zero-order valence-corrected chi connectivity index (χ0v) is 16.2. The molecule has 4 rings (SSSR count). The van der Waals surface area contributed by atoms with E-state index in [0.29, 0.717) is 25.1 Å². The molecule has 2 aliphatic rings. The molecule has 1 fully saturated rings. The van der Waals surface area contributed by atoms with Gasteiger partial charge in [-0.25, -0.2) is 5.01 Å². The maximum absolute atomic E-state index is 13.2. The van der Waals surface area contributed by atoms with Gasteiger partial charge in [0, 0.05) is 38.4 Å². The van der Waals surface area contributed by atoms with Gasteiger partial charge in [0.15, 0.2) is 0 Å². The molecule has 0 aromatic heterocycles. The molecule has 0 bridgehead atoms. The molecule has 2 aromatic rings. The van der Waals surface area contributed by atoms with Crippen molar-refractivity contribution in [3.63, 3.8) is 0 Å². The smallest absolute Gasteiger partial charge is 0.270 e. The highest BCUT2D eigenvalue weighted by molar-refractivity contribution is 6.39. The lowest BCUT2D eigenvalue weighted by molar-refractivity contribution is -0.131. The third-order valence-corrected chi connectivity index (χ3v) is 5.89. The van der Waals surface area contributed by atoms with E-state index in [1.54, 1.807) is 7.05 Å². The van der Waals surface area contributed by atoms with Gasteiger partial charge in [0.05, 0.1) is 0 Å². The lowest BCUT2D eigenvalue weighted by atomic mass is 9.69. The number of nitrogens with zero attached hydrogens (tertiary/aromatic N) is 3. The summed E-state index contributed by atoms with van der Waals surface area (Å²) in [5, 5.41) is 5.53. The molecule has 2 amide bonds. The van der Waals surface area contributed by atoms with Gasteiger partial charge in [0.25, 0.3) is 5.91 Å². The minimum absolute atomic E-state index is 0.0434. The minimum Gasteiger partial charge on any atom is -0.336 e. The average Bonchev–Trinajstić information content (AvgIpc) is 2.76. The Morgan fingerprint density at radius 1 is 0.964 bits per heavy atom. The highest BCUT2D eigenvalue weighted by Crippen LogP contribution is 2.40. The van der Waals surface area contributed by atoms with Crippen LogP contribution in [-0.2, 0) is 15.0 Å². The first-order valence-electron chi connectivity index (χ1n) is 9.84. The maximum atomic E-state index is 13.2. The molecule has 0 N–H and O–H groups in total. The van der Waals surface area contributed by atoms with E-state index >= 15 is 0 Å². The van der Waals surface area contributed by atoms with Crippen molar-refractivity contribution in [3.8, 4) is 0 Å². The van der Waals surface area contributed by atoms with Crippen LogP contribution in [0.3, 0.4) is 0 Å². The highest BCUT2D eigenvalue weighted by Gasteiger charge is 2.41. The fourth-order valence-corrected chi connectivity index (χ4v) is 4.39. The van der Waals surface area contributed by atoms with Crippen LogP contribution in [0.4, 0.5) is 0 Å². The molecular weight excluding hydrogens is 350 g/mol. The molecule has 0 atom stereocenters. The van der Waals surface area contributed by atoms with Gasteiger partial charge in [0.2, 0.25) is 5.91 Å². The summed E-state index contributed by atoms with van der Waals surface area (Å²) >= 11 is 0. The molecule has 0 saturated carbocycles. The van der Waals surface area contributed by atoms with E-state index in [4.69, 9.17) is 0 Å². The summed E-state index contributed by atoms with van der Waals surface area (Å²) in [5.41, 5.74) is 2.72. The third-order valence-electron chi connectivity index (χ3n) is 5.89. The molecule has 0 unspecified atom stereocenters. The van der Waals surface area contributed by atoms with Crippen molar-refractivity contribution in [1.82, 2.24) is 9.91 Å². The van der Waals surface area contributed by atoms with Crippen LogP contribution < -0.4 is 0 Å². The maximum Gasteiger partial charge on any atom is 0.270 e. The molecule has 2 aliphatic heterocycles. The molecule has 28 heavy (non-hydrogen) atoms. The van der Waals surface area contributed by atoms with Crippen molar-refractivity contribution in [2.24, 2.45) is 5.10 Å². The van der Waals surface area contributed by atoms with Gasteiger partial charge in [0.1, 0.15) is 5.71 Å². The summed E-state index contributed by atoms with van der Waals surface area (Å²) < 4.78 is 0. The SMILES string of the molecule is CN1N=C(C(=O)N2CCCC(c3ccccc3)(c3ccccc3)C2)CCC1=O. The van der Waals surface area contributed by atoms with Gasteiger partial charge >= 0.3 is 0 Å². The van der Waals surface area contributed by atoms with Crippen LogP contribution in [0.15, 0.2) is 65.8 Å². The number of carbonyl (C=O) groups is 2. The summed E-state index contributed by atoms with van der Waals surface area (Å²) in [6.07, 6.45) is 2.69.